The summed E-state index contributed by atoms with van der Waals surface area (Å²) in [4.78, 5) is 29.2. The van der Waals surface area contributed by atoms with Crippen LogP contribution >= 0.6 is 0 Å². The van der Waals surface area contributed by atoms with Gasteiger partial charge in [-0.1, -0.05) is 5.16 Å². The second-order valence-corrected chi connectivity index (χ2v) is 5.64. The summed E-state index contributed by atoms with van der Waals surface area (Å²) < 4.78 is 14.6. The van der Waals surface area contributed by atoms with Crippen LogP contribution in [0.5, 0.6) is 0 Å². The van der Waals surface area contributed by atoms with Gasteiger partial charge in [0.2, 0.25) is 5.89 Å². The van der Waals surface area contributed by atoms with Crippen molar-refractivity contribution in [1.82, 2.24) is 15.0 Å². The van der Waals surface area contributed by atoms with Crippen LogP contribution in [0.2, 0.25) is 0 Å². The highest BCUT2D eigenvalue weighted by atomic mass is 16.5. The summed E-state index contributed by atoms with van der Waals surface area (Å²) >= 11 is 0. The van der Waals surface area contributed by atoms with Gasteiger partial charge in [-0.25, -0.2) is 0 Å². The molecule has 1 saturated carbocycles. The number of aromatic nitrogens is 2. The molecule has 0 unspecified atom stereocenters. The lowest BCUT2D eigenvalue weighted by Gasteiger charge is -2.25. The van der Waals surface area contributed by atoms with Crippen molar-refractivity contribution in [3.63, 3.8) is 0 Å². The molecule has 128 valence electrons. The molecular formula is C15H23N3O5. The molecule has 0 amide bonds. The summed E-state index contributed by atoms with van der Waals surface area (Å²) in [6.45, 7) is 2.27. The van der Waals surface area contributed by atoms with Gasteiger partial charge in [0.05, 0.1) is 20.8 Å². The summed E-state index contributed by atoms with van der Waals surface area (Å²) in [6, 6.07) is 0.0270. The van der Waals surface area contributed by atoms with E-state index in [0.29, 0.717) is 43.6 Å². The molecule has 0 aliphatic heterocycles. The van der Waals surface area contributed by atoms with E-state index in [0.717, 1.165) is 12.8 Å². The topological polar surface area (TPSA) is 94.8 Å². The molecular weight excluding hydrogens is 302 g/mol. The van der Waals surface area contributed by atoms with Crippen LogP contribution in [0.4, 0.5) is 0 Å². The first-order valence-corrected chi connectivity index (χ1v) is 7.77. The lowest BCUT2D eigenvalue weighted by atomic mass is 10.2. The highest BCUT2D eigenvalue weighted by Gasteiger charge is 2.36. The Hall–Kier alpha value is -1.96. The standard InChI is InChI=1S/C15H23N3O5/c1-10(15(20)22-3)18(11-7-8-11)9-12-16-13(23-17-12)5-4-6-14(19)21-2/h10-11H,4-9H2,1-3H3/t10-/m0/s1. The number of carbonyl (C=O) groups is 2. The molecule has 1 aliphatic rings. The number of hydrogen-bond donors (Lipinski definition) is 0. The van der Waals surface area contributed by atoms with Crippen LogP contribution in [-0.4, -0.2) is 53.3 Å². The molecule has 1 fully saturated rings. The van der Waals surface area contributed by atoms with Gasteiger partial charge >= 0.3 is 11.9 Å². The first kappa shape index (κ1) is 17.4. The smallest absolute Gasteiger partial charge is 0.322 e. The Kier molecular flexibility index (Phi) is 6.09. The van der Waals surface area contributed by atoms with E-state index in [2.05, 4.69) is 14.9 Å². The second-order valence-electron chi connectivity index (χ2n) is 5.64. The SMILES string of the molecule is COC(=O)CCCc1nc(CN(C2CC2)[C@@H](C)C(=O)OC)no1. The maximum atomic E-state index is 11.7. The van der Waals surface area contributed by atoms with Crippen molar-refractivity contribution in [3.05, 3.63) is 11.7 Å². The van der Waals surface area contributed by atoms with Crippen molar-refractivity contribution in [1.29, 1.82) is 0 Å². The summed E-state index contributed by atoms with van der Waals surface area (Å²) in [7, 11) is 2.75. The molecule has 1 aliphatic carbocycles. The van der Waals surface area contributed by atoms with E-state index in [1.54, 1.807) is 0 Å². The van der Waals surface area contributed by atoms with Crippen LogP contribution in [0, 0.1) is 0 Å². The fourth-order valence-corrected chi connectivity index (χ4v) is 2.40. The maximum Gasteiger partial charge on any atom is 0.322 e. The number of rotatable bonds is 9. The average molecular weight is 325 g/mol. The molecule has 0 saturated heterocycles. The zero-order chi connectivity index (χ0) is 16.8. The van der Waals surface area contributed by atoms with E-state index in [-0.39, 0.29) is 18.0 Å². The number of carbonyl (C=O) groups excluding carboxylic acids is 2. The molecule has 1 heterocycles. The van der Waals surface area contributed by atoms with Crippen molar-refractivity contribution in [2.24, 2.45) is 0 Å². The van der Waals surface area contributed by atoms with Gasteiger partial charge in [0.25, 0.3) is 0 Å². The summed E-state index contributed by atoms with van der Waals surface area (Å²) in [6.07, 6.45) is 3.56. The molecule has 8 heteroatoms. The molecule has 0 spiro atoms. The zero-order valence-electron chi connectivity index (χ0n) is 13.8. The van der Waals surface area contributed by atoms with Crippen molar-refractivity contribution < 1.29 is 23.6 Å². The van der Waals surface area contributed by atoms with Gasteiger partial charge in [0.1, 0.15) is 6.04 Å². The minimum Gasteiger partial charge on any atom is -0.469 e. The molecule has 0 aromatic carbocycles. The zero-order valence-corrected chi connectivity index (χ0v) is 13.8. The van der Waals surface area contributed by atoms with Gasteiger partial charge in [-0.3, -0.25) is 14.5 Å². The van der Waals surface area contributed by atoms with Gasteiger partial charge in [0.15, 0.2) is 5.82 Å². The fourth-order valence-electron chi connectivity index (χ4n) is 2.40. The number of methoxy groups -OCH3 is 2. The molecule has 23 heavy (non-hydrogen) atoms. The summed E-state index contributed by atoms with van der Waals surface area (Å²) in [5.74, 6) is 0.515. The van der Waals surface area contributed by atoms with E-state index in [4.69, 9.17) is 9.26 Å². The normalized spacial score (nSPS) is 15.5. The second kappa shape index (κ2) is 8.05. The van der Waals surface area contributed by atoms with Crippen molar-refractivity contribution >= 4 is 11.9 Å². The van der Waals surface area contributed by atoms with Crippen molar-refractivity contribution in [2.75, 3.05) is 14.2 Å². The van der Waals surface area contributed by atoms with Crippen molar-refractivity contribution in [2.45, 2.75) is 57.7 Å². The molecule has 0 N–H and O–H groups in total. The molecule has 8 nitrogen and oxygen atoms in total. The number of nitrogens with zero attached hydrogens (tertiary/aromatic N) is 3. The van der Waals surface area contributed by atoms with Crippen LogP contribution in [0.25, 0.3) is 0 Å². The van der Waals surface area contributed by atoms with E-state index in [1.807, 2.05) is 11.8 Å². The maximum absolute atomic E-state index is 11.7. The van der Waals surface area contributed by atoms with Gasteiger partial charge in [-0.05, 0) is 26.2 Å². The Balaban J connectivity index is 1.88. The van der Waals surface area contributed by atoms with E-state index >= 15 is 0 Å². The summed E-state index contributed by atoms with van der Waals surface area (Å²) in [5, 5.41) is 3.96. The van der Waals surface area contributed by atoms with Crippen LogP contribution < -0.4 is 0 Å². The predicted molar refractivity (Wildman–Crippen MR) is 79.3 cm³/mol. The molecule has 1 aromatic rings. The Bertz CT molecular complexity index is 541. The van der Waals surface area contributed by atoms with Gasteiger partial charge in [-0.2, -0.15) is 4.98 Å². The molecule has 0 radical (unpaired) electrons. The van der Waals surface area contributed by atoms with Gasteiger partial charge in [0, 0.05) is 18.9 Å². The third-order valence-electron chi connectivity index (χ3n) is 3.89. The van der Waals surface area contributed by atoms with Crippen LogP contribution in [0.3, 0.4) is 0 Å². The van der Waals surface area contributed by atoms with E-state index in [1.165, 1.54) is 14.2 Å². The van der Waals surface area contributed by atoms with Crippen LogP contribution in [-0.2, 0) is 32.0 Å². The largest absolute Gasteiger partial charge is 0.469 e. The molecule has 1 aromatic heterocycles. The Labute approximate surface area is 135 Å². The monoisotopic (exact) mass is 325 g/mol. The number of aryl methyl sites for hydroxylation is 1. The van der Waals surface area contributed by atoms with Crippen LogP contribution in [0.15, 0.2) is 4.52 Å². The Morgan fingerprint density at radius 1 is 1.35 bits per heavy atom. The Morgan fingerprint density at radius 2 is 2.09 bits per heavy atom. The first-order chi connectivity index (χ1) is 11.0. The van der Waals surface area contributed by atoms with Gasteiger partial charge < -0.3 is 14.0 Å². The predicted octanol–water partition coefficient (Wildman–Crippen LogP) is 1.09. The quantitative estimate of drug-likeness (QED) is 0.623. The first-order valence-electron chi connectivity index (χ1n) is 7.77. The van der Waals surface area contributed by atoms with Crippen molar-refractivity contribution in [3.8, 4) is 0 Å². The average Bonchev–Trinajstić information content (AvgIpc) is 3.31. The molecule has 0 bridgehead atoms. The molecule has 1 atom stereocenters. The van der Waals surface area contributed by atoms with Gasteiger partial charge in [-0.15, -0.1) is 0 Å². The fraction of sp³-hybridized carbons (Fsp3) is 0.733. The van der Waals surface area contributed by atoms with E-state index < -0.39 is 0 Å². The minimum absolute atomic E-state index is 0.253. The van der Waals surface area contributed by atoms with E-state index in [9.17, 15) is 9.59 Å². The highest BCUT2D eigenvalue weighted by molar-refractivity contribution is 5.75. The Morgan fingerprint density at radius 3 is 2.70 bits per heavy atom. The lowest BCUT2D eigenvalue weighted by Crippen LogP contribution is -2.41. The van der Waals surface area contributed by atoms with Crippen LogP contribution in [0.1, 0.15) is 44.3 Å². The lowest BCUT2D eigenvalue weighted by molar-refractivity contribution is -0.147. The number of esters is 2. The highest BCUT2D eigenvalue weighted by Crippen LogP contribution is 2.30. The third-order valence-corrected chi connectivity index (χ3v) is 3.89. The minimum atomic E-state index is -0.339. The number of hydrogen-bond acceptors (Lipinski definition) is 8. The number of ether oxygens (including phenoxy) is 2. The summed E-state index contributed by atoms with van der Waals surface area (Å²) in [5.41, 5.74) is 0. The third kappa shape index (κ3) is 5.02. The molecule has 2 rings (SSSR count).